The van der Waals surface area contributed by atoms with Crippen LogP contribution in [0.3, 0.4) is 0 Å². The number of halogens is 1. The van der Waals surface area contributed by atoms with E-state index in [-0.39, 0.29) is 30.4 Å². The summed E-state index contributed by atoms with van der Waals surface area (Å²) in [6.07, 6.45) is 1.63. The summed E-state index contributed by atoms with van der Waals surface area (Å²) in [5.74, 6) is -1.69. The molecule has 0 radical (unpaired) electrons. The quantitative estimate of drug-likeness (QED) is 0.247. The summed E-state index contributed by atoms with van der Waals surface area (Å²) in [5, 5.41) is 9.65. The molecule has 0 saturated carbocycles. The first-order chi connectivity index (χ1) is 19.0. The van der Waals surface area contributed by atoms with Gasteiger partial charge in [0.2, 0.25) is 0 Å². The lowest BCUT2D eigenvalue weighted by atomic mass is 10.1. The van der Waals surface area contributed by atoms with Crippen molar-refractivity contribution in [3.05, 3.63) is 136 Å². The lowest BCUT2D eigenvalue weighted by Crippen LogP contribution is -2.28. The molecule has 0 spiro atoms. The number of carboxylic acids is 1. The number of ether oxygens (including phenoxy) is 1. The van der Waals surface area contributed by atoms with Gasteiger partial charge >= 0.3 is 5.97 Å². The monoisotopic (exact) mass is 538 g/mol. The van der Waals surface area contributed by atoms with E-state index >= 15 is 0 Å². The number of benzene rings is 4. The predicted molar refractivity (Wildman–Crippen MR) is 150 cm³/mol. The third-order valence-electron chi connectivity index (χ3n) is 5.90. The minimum atomic E-state index is -1.02. The molecular weight excluding hydrogens is 515 g/mol. The third kappa shape index (κ3) is 6.42. The van der Waals surface area contributed by atoms with Gasteiger partial charge in [0, 0.05) is 0 Å². The summed E-state index contributed by atoms with van der Waals surface area (Å²) in [6.45, 7) is 0.448. The highest BCUT2D eigenvalue weighted by Crippen LogP contribution is 2.35. The van der Waals surface area contributed by atoms with E-state index in [1.807, 2.05) is 60.7 Å². The van der Waals surface area contributed by atoms with Gasteiger partial charge in [0.1, 0.15) is 6.61 Å². The van der Waals surface area contributed by atoms with Gasteiger partial charge in [-0.3, -0.25) is 9.69 Å². The summed E-state index contributed by atoms with van der Waals surface area (Å²) in [4.78, 5) is 31.2. The van der Waals surface area contributed by atoms with E-state index in [4.69, 9.17) is 4.74 Å². The number of carbonyl (C=O) groups excluding carboxylic acids is 1. The number of rotatable bonds is 8. The summed E-state index contributed by atoms with van der Waals surface area (Å²) >= 11 is 1.20. The molecule has 0 unspecified atom stereocenters. The summed E-state index contributed by atoms with van der Waals surface area (Å²) in [5.41, 5.74) is 3.05. The number of thioether (sulfide) groups is 1. The molecule has 0 aromatic heterocycles. The van der Waals surface area contributed by atoms with E-state index in [9.17, 15) is 19.1 Å². The minimum Gasteiger partial charge on any atom is -0.486 e. The summed E-state index contributed by atoms with van der Waals surface area (Å²) in [7, 11) is 0. The highest BCUT2D eigenvalue weighted by molar-refractivity contribution is 8.18. The van der Waals surface area contributed by atoms with Gasteiger partial charge in [-0.05, 0) is 70.9 Å². The number of para-hydroxylation sites is 1. The number of amides is 1. The molecule has 1 aliphatic heterocycles. The van der Waals surface area contributed by atoms with E-state index in [0.717, 1.165) is 11.1 Å². The van der Waals surface area contributed by atoms with Gasteiger partial charge in [-0.15, -0.1) is 0 Å². The van der Waals surface area contributed by atoms with Gasteiger partial charge in [-0.2, -0.15) is 0 Å². The number of nitrogens with zero attached hydrogens (tertiary/aromatic N) is 2. The third-order valence-corrected chi connectivity index (χ3v) is 6.91. The first-order valence-electron chi connectivity index (χ1n) is 12.1. The fraction of sp³-hybridized carbons (Fsp3) is 0.0645. The van der Waals surface area contributed by atoms with Crippen molar-refractivity contribution in [2.45, 2.75) is 13.2 Å². The van der Waals surface area contributed by atoms with Crippen molar-refractivity contribution in [2.75, 3.05) is 0 Å². The fourth-order valence-electron chi connectivity index (χ4n) is 3.89. The molecule has 0 atom stereocenters. The van der Waals surface area contributed by atoms with Gasteiger partial charge in [0.25, 0.3) is 5.91 Å². The highest BCUT2D eigenvalue weighted by atomic mass is 32.2. The maximum Gasteiger partial charge on any atom is 0.335 e. The second-order valence-electron chi connectivity index (χ2n) is 8.70. The molecule has 39 heavy (non-hydrogen) atoms. The molecule has 1 saturated heterocycles. The Labute approximate surface area is 229 Å². The van der Waals surface area contributed by atoms with Gasteiger partial charge in [0.15, 0.2) is 16.7 Å². The Morgan fingerprint density at radius 3 is 2.28 bits per heavy atom. The standard InChI is InChI=1S/C31H23FN2O4S/c32-26-17-23(13-16-27(26)38-20-22-7-3-1-4-8-22)18-28-29(35)34(19-21-11-14-24(15-12-21)30(36)37)31(39-28)33-25-9-5-2-6-10-25/h1-18H,19-20H2,(H,36,37)/b28-18-,33-31?. The number of amidine groups is 1. The Balaban J connectivity index is 1.38. The molecule has 6 nitrogen and oxygen atoms in total. The second kappa shape index (κ2) is 11.8. The van der Waals surface area contributed by atoms with Crippen LogP contribution in [0, 0.1) is 5.82 Å². The first-order valence-corrected chi connectivity index (χ1v) is 12.9. The molecule has 1 amide bonds. The number of hydrogen-bond donors (Lipinski definition) is 1. The molecule has 4 aromatic rings. The van der Waals surface area contributed by atoms with E-state index in [1.165, 1.54) is 34.9 Å². The molecule has 5 rings (SSSR count). The van der Waals surface area contributed by atoms with Crippen LogP contribution in [0.5, 0.6) is 5.75 Å². The lowest BCUT2D eigenvalue weighted by molar-refractivity contribution is -0.122. The van der Waals surface area contributed by atoms with Crippen molar-refractivity contribution in [2.24, 2.45) is 4.99 Å². The molecule has 194 valence electrons. The molecule has 1 heterocycles. The van der Waals surface area contributed by atoms with Crippen molar-refractivity contribution >= 4 is 40.6 Å². The normalized spacial score (nSPS) is 15.2. The molecule has 1 aliphatic rings. The number of aromatic carboxylic acids is 1. The maximum absolute atomic E-state index is 14.8. The average molecular weight is 539 g/mol. The Morgan fingerprint density at radius 2 is 1.62 bits per heavy atom. The van der Waals surface area contributed by atoms with Crippen LogP contribution >= 0.6 is 11.8 Å². The summed E-state index contributed by atoms with van der Waals surface area (Å²) in [6, 6.07) is 29.7. The van der Waals surface area contributed by atoms with Gasteiger partial charge in [0.05, 0.1) is 22.7 Å². The summed E-state index contributed by atoms with van der Waals surface area (Å²) < 4.78 is 20.4. The smallest absolute Gasteiger partial charge is 0.335 e. The van der Waals surface area contributed by atoms with Crippen molar-refractivity contribution in [3.8, 4) is 5.75 Å². The fourth-order valence-corrected chi connectivity index (χ4v) is 4.89. The zero-order valence-corrected chi connectivity index (χ0v) is 21.5. The number of hydrogen-bond acceptors (Lipinski definition) is 5. The van der Waals surface area contributed by atoms with Gasteiger partial charge in [-0.25, -0.2) is 14.2 Å². The Bertz CT molecular complexity index is 1560. The van der Waals surface area contributed by atoms with Crippen LogP contribution < -0.4 is 4.74 Å². The largest absolute Gasteiger partial charge is 0.486 e. The highest BCUT2D eigenvalue weighted by Gasteiger charge is 2.33. The van der Waals surface area contributed by atoms with Crippen molar-refractivity contribution in [1.29, 1.82) is 0 Å². The SMILES string of the molecule is O=C(O)c1ccc(CN2C(=O)/C(=C/c3ccc(OCc4ccccc4)c(F)c3)SC2=Nc2ccccc2)cc1. The Morgan fingerprint density at radius 1 is 0.923 bits per heavy atom. The number of carbonyl (C=O) groups is 2. The molecule has 1 N–H and O–H groups in total. The Kier molecular flexibility index (Phi) is 7.84. The van der Waals surface area contributed by atoms with Crippen molar-refractivity contribution in [3.63, 3.8) is 0 Å². The van der Waals surface area contributed by atoms with Gasteiger partial charge < -0.3 is 9.84 Å². The Hall–Kier alpha value is -4.69. The van der Waals surface area contributed by atoms with E-state index in [1.54, 1.807) is 30.3 Å². The topological polar surface area (TPSA) is 79.2 Å². The van der Waals surface area contributed by atoms with E-state index < -0.39 is 11.8 Å². The lowest BCUT2D eigenvalue weighted by Gasteiger charge is -2.16. The molecular formula is C31H23FN2O4S. The average Bonchev–Trinajstić information content (AvgIpc) is 3.22. The van der Waals surface area contributed by atoms with Crippen LogP contribution in [-0.4, -0.2) is 27.1 Å². The van der Waals surface area contributed by atoms with Crippen LogP contribution in [0.4, 0.5) is 10.1 Å². The molecule has 4 aromatic carbocycles. The zero-order chi connectivity index (χ0) is 27.2. The van der Waals surface area contributed by atoms with Gasteiger partial charge in [-0.1, -0.05) is 66.7 Å². The maximum atomic E-state index is 14.8. The van der Waals surface area contributed by atoms with E-state index in [0.29, 0.717) is 21.3 Å². The minimum absolute atomic E-state index is 0.129. The van der Waals surface area contributed by atoms with Crippen LogP contribution in [0.2, 0.25) is 0 Å². The van der Waals surface area contributed by atoms with Crippen molar-refractivity contribution < 1.29 is 23.8 Å². The molecule has 8 heteroatoms. The molecule has 1 fully saturated rings. The van der Waals surface area contributed by atoms with E-state index in [2.05, 4.69) is 4.99 Å². The van der Waals surface area contributed by atoms with Crippen molar-refractivity contribution in [1.82, 2.24) is 4.90 Å². The molecule has 0 aliphatic carbocycles. The number of aliphatic imine (C=N–C) groups is 1. The van der Waals surface area contributed by atoms with Crippen LogP contribution in [0.1, 0.15) is 27.0 Å². The van der Waals surface area contributed by atoms with Crippen LogP contribution in [0.25, 0.3) is 6.08 Å². The van der Waals surface area contributed by atoms with Crippen LogP contribution in [0.15, 0.2) is 113 Å². The van der Waals surface area contributed by atoms with Crippen LogP contribution in [-0.2, 0) is 17.9 Å². The molecule has 0 bridgehead atoms. The predicted octanol–water partition coefficient (Wildman–Crippen LogP) is 6.91. The number of carboxylic acid groups (broad SMARTS) is 1. The zero-order valence-electron chi connectivity index (χ0n) is 20.7. The second-order valence-corrected chi connectivity index (χ2v) is 9.71. The first kappa shape index (κ1) is 25.9.